The van der Waals surface area contributed by atoms with Crippen molar-refractivity contribution in [2.24, 2.45) is 0 Å². The van der Waals surface area contributed by atoms with Crippen molar-refractivity contribution in [3.63, 3.8) is 0 Å². The second-order valence-corrected chi connectivity index (χ2v) is 7.17. The van der Waals surface area contributed by atoms with E-state index in [4.69, 9.17) is 0 Å². The number of pyridine rings is 1. The summed E-state index contributed by atoms with van der Waals surface area (Å²) >= 11 is 1.45. The van der Waals surface area contributed by atoms with E-state index in [1.807, 2.05) is 6.07 Å². The normalized spacial score (nSPS) is 15.1. The number of hydrogen-bond donors (Lipinski definition) is 0. The average Bonchev–Trinajstić information content (AvgIpc) is 3.04. The smallest absolute Gasteiger partial charge is 0.278 e. The highest BCUT2D eigenvalue weighted by Gasteiger charge is 2.22. The van der Waals surface area contributed by atoms with Crippen LogP contribution in [-0.4, -0.2) is 45.4 Å². The zero-order chi connectivity index (χ0) is 18.8. The molecule has 3 aromatic rings. The number of non-ortho nitro benzene ring substituents is 1. The molecule has 27 heavy (non-hydrogen) atoms. The van der Waals surface area contributed by atoms with Gasteiger partial charge in [-0.05, 0) is 24.6 Å². The molecule has 1 aliphatic rings. The molecule has 0 spiro atoms. The molecule has 3 heterocycles. The first-order valence-corrected chi connectivity index (χ1v) is 9.79. The van der Waals surface area contributed by atoms with E-state index in [2.05, 4.69) is 31.1 Å². The van der Waals surface area contributed by atoms with Crippen molar-refractivity contribution in [1.82, 2.24) is 14.3 Å². The Bertz CT molecular complexity index is 975. The summed E-state index contributed by atoms with van der Waals surface area (Å²) < 4.78 is 4.39. The van der Waals surface area contributed by atoms with Gasteiger partial charge in [-0.1, -0.05) is 6.92 Å². The molecule has 140 valence electrons. The number of benzene rings is 1. The molecule has 4 rings (SSSR count). The van der Waals surface area contributed by atoms with Crippen molar-refractivity contribution in [1.29, 1.82) is 0 Å². The predicted octanol–water partition coefficient (Wildman–Crippen LogP) is 3.27. The fourth-order valence-electron chi connectivity index (χ4n) is 3.42. The van der Waals surface area contributed by atoms with Gasteiger partial charge in [-0.15, -0.1) is 0 Å². The molecule has 2 aromatic heterocycles. The van der Waals surface area contributed by atoms with Crippen molar-refractivity contribution in [3.05, 3.63) is 46.4 Å². The molecule has 8 nitrogen and oxygen atoms in total. The Kier molecular flexibility index (Phi) is 4.85. The van der Waals surface area contributed by atoms with Crippen molar-refractivity contribution >= 4 is 38.9 Å². The maximum Gasteiger partial charge on any atom is 0.278 e. The first-order valence-electron chi connectivity index (χ1n) is 9.02. The lowest BCUT2D eigenvalue weighted by molar-refractivity contribution is -0.383. The summed E-state index contributed by atoms with van der Waals surface area (Å²) in [5, 5.41) is 12.9. The van der Waals surface area contributed by atoms with E-state index in [9.17, 15) is 10.1 Å². The van der Waals surface area contributed by atoms with Gasteiger partial charge in [0.05, 0.1) is 16.0 Å². The van der Waals surface area contributed by atoms with Crippen LogP contribution in [0.5, 0.6) is 0 Å². The van der Waals surface area contributed by atoms with Gasteiger partial charge in [0.25, 0.3) is 5.69 Å². The van der Waals surface area contributed by atoms with E-state index < -0.39 is 0 Å². The Balaban J connectivity index is 1.61. The Morgan fingerprint density at radius 2 is 2.00 bits per heavy atom. The fraction of sp³-hybridized carbons (Fsp3) is 0.389. The van der Waals surface area contributed by atoms with E-state index >= 15 is 0 Å². The van der Waals surface area contributed by atoms with Crippen LogP contribution < -0.4 is 9.80 Å². The van der Waals surface area contributed by atoms with Gasteiger partial charge >= 0.3 is 0 Å². The Hall–Kier alpha value is -2.81. The molecule has 0 N–H and O–H groups in total. The van der Waals surface area contributed by atoms with Crippen LogP contribution in [0, 0.1) is 10.1 Å². The maximum absolute atomic E-state index is 11.3. The third-order valence-electron chi connectivity index (χ3n) is 4.80. The van der Waals surface area contributed by atoms with Crippen molar-refractivity contribution in [2.75, 3.05) is 36.0 Å². The summed E-state index contributed by atoms with van der Waals surface area (Å²) in [7, 11) is 0. The third-order valence-corrected chi connectivity index (χ3v) is 5.62. The molecule has 0 radical (unpaired) electrons. The van der Waals surface area contributed by atoms with Gasteiger partial charge in [-0.25, -0.2) is 4.98 Å². The molecule has 0 unspecified atom stereocenters. The summed E-state index contributed by atoms with van der Waals surface area (Å²) in [5.41, 5.74) is 1.73. The van der Waals surface area contributed by atoms with Gasteiger partial charge in [0.2, 0.25) is 5.13 Å². The second-order valence-electron chi connectivity index (χ2n) is 6.43. The van der Waals surface area contributed by atoms with Crippen molar-refractivity contribution in [2.45, 2.75) is 19.8 Å². The van der Waals surface area contributed by atoms with Gasteiger partial charge in [0, 0.05) is 56.4 Å². The van der Waals surface area contributed by atoms with Crippen LogP contribution in [0.25, 0.3) is 10.9 Å². The summed E-state index contributed by atoms with van der Waals surface area (Å²) in [6.45, 7) is 5.50. The van der Waals surface area contributed by atoms with E-state index in [1.54, 1.807) is 24.4 Å². The highest BCUT2D eigenvalue weighted by atomic mass is 32.1. The minimum Gasteiger partial charge on any atom is -0.368 e. The molecule has 0 bridgehead atoms. The Morgan fingerprint density at radius 3 is 2.78 bits per heavy atom. The molecule has 0 aliphatic carbocycles. The number of nitro benzene ring substituents is 1. The minimum atomic E-state index is -0.348. The topological polar surface area (TPSA) is 88.3 Å². The van der Waals surface area contributed by atoms with Gasteiger partial charge in [0.1, 0.15) is 11.3 Å². The van der Waals surface area contributed by atoms with E-state index in [0.717, 1.165) is 55.7 Å². The number of aryl methyl sites for hydroxylation is 1. The summed E-state index contributed by atoms with van der Waals surface area (Å²) in [6, 6.07) is 6.91. The number of anilines is 2. The first kappa shape index (κ1) is 17.6. The van der Waals surface area contributed by atoms with Crippen LogP contribution in [0.15, 0.2) is 30.5 Å². The predicted molar refractivity (Wildman–Crippen MR) is 107 cm³/mol. The van der Waals surface area contributed by atoms with Crippen molar-refractivity contribution < 1.29 is 4.92 Å². The molecule has 1 fully saturated rings. The van der Waals surface area contributed by atoms with E-state index in [0.29, 0.717) is 10.9 Å². The molecule has 0 saturated carbocycles. The number of aromatic nitrogens is 3. The zero-order valence-electron chi connectivity index (χ0n) is 15.0. The molecule has 9 heteroatoms. The molecular formula is C18H20N6O2S. The largest absolute Gasteiger partial charge is 0.368 e. The Morgan fingerprint density at radius 1 is 1.19 bits per heavy atom. The lowest BCUT2D eigenvalue weighted by atomic mass is 10.1. The molecular weight excluding hydrogens is 364 g/mol. The lowest BCUT2D eigenvalue weighted by Gasteiger charge is -2.24. The van der Waals surface area contributed by atoms with Crippen LogP contribution in [0.3, 0.4) is 0 Å². The van der Waals surface area contributed by atoms with E-state index in [-0.39, 0.29) is 10.6 Å². The Labute approximate surface area is 160 Å². The number of nitrogens with zero attached hydrogens (tertiary/aromatic N) is 6. The highest BCUT2D eigenvalue weighted by Crippen LogP contribution is 2.32. The molecule has 0 atom stereocenters. The van der Waals surface area contributed by atoms with Crippen molar-refractivity contribution in [3.8, 4) is 0 Å². The maximum atomic E-state index is 11.3. The van der Waals surface area contributed by atoms with E-state index in [1.165, 1.54) is 11.5 Å². The first-order chi connectivity index (χ1) is 13.2. The van der Waals surface area contributed by atoms with Crippen LogP contribution >= 0.6 is 11.5 Å². The fourth-order valence-corrected chi connectivity index (χ4v) is 4.22. The van der Waals surface area contributed by atoms with Gasteiger partial charge in [0.15, 0.2) is 0 Å². The van der Waals surface area contributed by atoms with Crippen LogP contribution in [-0.2, 0) is 6.42 Å². The minimum absolute atomic E-state index is 0.0965. The third kappa shape index (κ3) is 3.42. The number of nitro groups is 1. The number of hydrogen-bond acceptors (Lipinski definition) is 8. The molecule has 0 amide bonds. The number of fused-ring (bicyclic) bond motifs is 1. The molecule has 1 saturated heterocycles. The zero-order valence-corrected chi connectivity index (χ0v) is 15.9. The second kappa shape index (κ2) is 7.43. The molecule has 1 aromatic carbocycles. The lowest BCUT2D eigenvalue weighted by Crippen LogP contribution is -2.30. The average molecular weight is 384 g/mol. The van der Waals surface area contributed by atoms with Gasteiger partial charge in [-0.3, -0.25) is 15.1 Å². The van der Waals surface area contributed by atoms with Crippen LogP contribution in [0.1, 0.15) is 19.2 Å². The summed E-state index contributed by atoms with van der Waals surface area (Å²) in [4.78, 5) is 24.6. The summed E-state index contributed by atoms with van der Waals surface area (Å²) in [5.74, 6) is 0.890. The molecule has 1 aliphatic heterocycles. The van der Waals surface area contributed by atoms with Gasteiger partial charge < -0.3 is 9.80 Å². The standard InChI is InChI=1S/C18H20N6O2S/c1-2-16-20-18(27-21-16)23-10-4-9-22(11-12-23)15-7-6-14(24(25)26)13-5-3-8-19-17(13)15/h3,5-8H,2,4,9-12H2,1H3. The van der Waals surface area contributed by atoms with Crippen LogP contribution in [0.4, 0.5) is 16.5 Å². The highest BCUT2D eigenvalue weighted by molar-refractivity contribution is 7.09. The van der Waals surface area contributed by atoms with Gasteiger partial charge in [-0.2, -0.15) is 4.37 Å². The summed E-state index contributed by atoms with van der Waals surface area (Å²) in [6.07, 6.45) is 3.51. The number of rotatable bonds is 4. The van der Waals surface area contributed by atoms with Crippen LogP contribution in [0.2, 0.25) is 0 Å². The quantitative estimate of drug-likeness (QED) is 0.504. The SMILES string of the molecule is CCc1nsc(N2CCCN(c3ccc([N+](=O)[O-])c4cccnc34)CC2)n1. The monoisotopic (exact) mass is 384 g/mol.